The molecular formula is H2CuNO3S. The normalized spacial score (nSPS) is 11.8. The van der Waals surface area contributed by atoms with Crippen molar-refractivity contribution >= 4 is 10.3 Å². The molecule has 0 bridgehead atoms. The van der Waals surface area contributed by atoms with Gasteiger partial charge >= 0.3 is 43.2 Å². The predicted molar refractivity (Wildman–Crippen MR) is 14.7 cm³/mol. The molecule has 6 heavy (non-hydrogen) atoms. The fourth-order valence-corrected chi connectivity index (χ4v) is 0. The van der Waals surface area contributed by atoms with Crippen molar-refractivity contribution in [1.82, 2.24) is 3.74 Å². The molecule has 0 rings (SSSR count). The minimum atomic E-state index is -4.11. The van der Waals surface area contributed by atoms with Crippen LogP contribution < -0.4 is 3.74 Å². The van der Waals surface area contributed by atoms with Gasteiger partial charge in [0, 0.05) is 0 Å². The van der Waals surface area contributed by atoms with Crippen LogP contribution in [0.1, 0.15) is 0 Å². The molecule has 4 nitrogen and oxygen atoms in total. The third-order valence-corrected chi connectivity index (χ3v) is 0.962. The van der Waals surface area contributed by atoms with E-state index >= 15 is 0 Å². The van der Waals surface area contributed by atoms with E-state index in [-0.39, 0.29) is 0 Å². The SMILES string of the molecule is O=S(=O)(O)[NH][Cu]. The van der Waals surface area contributed by atoms with Crippen molar-refractivity contribution in [3.8, 4) is 0 Å². The van der Waals surface area contributed by atoms with E-state index in [0.717, 1.165) is 0 Å². The van der Waals surface area contributed by atoms with E-state index in [1.807, 2.05) is 0 Å². The van der Waals surface area contributed by atoms with Crippen molar-refractivity contribution in [2.75, 3.05) is 0 Å². The van der Waals surface area contributed by atoms with Crippen molar-refractivity contribution < 1.29 is 29.2 Å². The van der Waals surface area contributed by atoms with Crippen LogP contribution >= 0.6 is 0 Å². The second-order valence-electron chi connectivity index (χ2n) is 0.537. The molecule has 0 amide bonds. The summed E-state index contributed by atoms with van der Waals surface area (Å²) in [5.74, 6) is 0. The van der Waals surface area contributed by atoms with Gasteiger partial charge in [-0.3, -0.25) is 0 Å². The summed E-state index contributed by atoms with van der Waals surface area (Å²) in [6.07, 6.45) is 0. The van der Waals surface area contributed by atoms with Crippen LogP contribution in [0.25, 0.3) is 0 Å². The standard InChI is InChI=1S/Cu.H2NO3S/c;1-5(2,3)4/h;(H2-,1,2,3,4)/q+1;-1. The van der Waals surface area contributed by atoms with Crippen molar-refractivity contribution in [3.63, 3.8) is 0 Å². The molecule has 2 N–H and O–H groups in total. The molecule has 0 unspecified atom stereocenters. The van der Waals surface area contributed by atoms with Gasteiger partial charge in [0.15, 0.2) is 0 Å². The van der Waals surface area contributed by atoms with Gasteiger partial charge in [0.25, 0.3) is 0 Å². The molecule has 0 saturated carbocycles. The van der Waals surface area contributed by atoms with Gasteiger partial charge in [0.1, 0.15) is 0 Å². The van der Waals surface area contributed by atoms with Gasteiger partial charge in [0.2, 0.25) is 0 Å². The molecular weight excluding hydrogens is 158 g/mol. The molecule has 0 aromatic heterocycles. The van der Waals surface area contributed by atoms with Crippen LogP contribution in [0.15, 0.2) is 0 Å². The van der Waals surface area contributed by atoms with Crippen molar-refractivity contribution in [2.24, 2.45) is 0 Å². The summed E-state index contributed by atoms with van der Waals surface area (Å²) in [6, 6.07) is 0. The molecule has 42 valence electrons. The van der Waals surface area contributed by atoms with Gasteiger partial charge in [-0.2, -0.15) is 0 Å². The number of hydrogen-bond donors (Lipinski definition) is 2. The first-order chi connectivity index (χ1) is 2.56. The molecule has 0 saturated heterocycles. The summed E-state index contributed by atoms with van der Waals surface area (Å²) in [4.78, 5) is 0. The van der Waals surface area contributed by atoms with E-state index in [1.165, 1.54) is 3.74 Å². The van der Waals surface area contributed by atoms with Crippen LogP contribution in [0.5, 0.6) is 0 Å². The molecule has 0 aliphatic carbocycles. The Morgan fingerprint density at radius 2 is 1.83 bits per heavy atom. The summed E-state index contributed by atoms with van der Waals surface area (Å²) in [7, 11) is -4.11. The molecule has 0 fully saturated rings. The van der Waals surface area contributed by atoms with Crippen molar-refractivity contribution in [2.45, 2.75) is 0 Å². The van der Waals surface area contributed by atoms with Crippen LogP contribution in [0.2, 0.25) is 0 Å². The maximum absolute atomic E-state index is 9.34. The molecule has 0 atom stereocenters. The van der Waals surface area contributed by atoms with E-state index < -0.39 is 10.3 Å². The van der Waals surface area contributed by atoms with E-state index in [4.69, 9.17) is 4.55 Å². The van der Waals surface area contributed by atoms with E-state index in [2.05, 4.69) is 16.2 Å². The summed E-state index contributed by atoms with van der Waals surface area (Å²) in [5, 5.41) is 0. The van der Waals surface area contributed by atoms with Crippen LogP contribution in [-0.2, 0) is 26.5 Å². The quantitative estimate of drug-likeness (QED) is 0.375. The maximum atomic E-state index is 9.34. The Hall–Kier alpha value is 0.389. The second-order valence-corrected chi connectivity index (χ2v) is 2.19. The van der Waals surface area contributed by atoms with Gasteiger partial charge in [-0.1, -0.05) is 0 Å². The molecule has 0 radical (unpaired) electrons. The number of hydrogen-bond acceptors (Lipinski definition) is 2. The van der Waals surface area contributed by atoms with Crippen molar-refractivity contribution in [3.05, 3.63) is 0 Å². The average Bonchev–Trinajstić information content (AvgIpc) is 1.35. The number of nitrogens with one attached hydrogen (secondary N) is 1. The van der Waals surface area contributed by atoms with Gasteiger partial charge < -0.3 is 0 Å². The second kappa shape index (κ2) is 1.90. The van der Waals surface area contributed by atoms with E-state index in [0.29, 0.717) is 0 Å². The molecule has 0 heterocycles. The first kappa shape index (κ1) is 6.39. The fraction of sp³-hybridized carbons (Fsp3) is 0. The van der Waals surface area contributed by atoms with E-state index in [9.17, 15) is 8.42 Å². The Labute approximate surface area is 43.8 Å². The summed E-state index contributed by atoms with van der Waals surface area (Å²) in [6.45, 7) is 0. The molecule has 6 heteroatoms. The van der Waals surface area contributed by atoms with Gasteiger partial charge in [-0.05, 0) is 0 Å². The predicted octanol–water partition coefficient (Wildman–Crippen LogP) is -1.16. The molecule has 0 aromatic rings. The zero-order valence-corrected chi connectivity index (χ0v) is 4.23. The number of rotatable bonds is 1. The van der Waals surface area contributed by atoms with Crippen LogP contribution in [0, 0.1) is 0 Å². The topological polar surface area (TPSA) is 66.4 Å². The Balaban J connectivity index is 3.85. The van der Waals surface area contributed by atoms with Gasteiger partial charge in [-0.25, -0.2) is 0 Å². The molecule has 0 aliphatic rings. The summed E-state index contributed by atoms with van der Waals surface area (Å²) < 4.78 is 27.4. The van der Waals surface area contributed by atoms with Crippen LogP contribution in [-0.4, -0.2) is 13.0 Å². The van der Waals surface area contributed by atoms with Gasteiger partial charge in [-0.15, -0.1) is 0 Å². The third kappa shape index (κ3) is 4.39. The Kier molecular flexibility index (Phi) is 2.03. The van der Waals surface area contributed by atoms with E-state index in [1.54, 1.807) is 0 Å². The monoisotopic (exact) mass is 159 g/mol. The molecule has 0 spiro atoms. The van der Waals surface area contributed by atoms with Crippen LogP contribution in [0.4, 0.5) is 0 Å². The zero-order valence-electron chi connectivity index (χ0n) is 2.47. The van der Waals surface area contributed by atoms with Crippen molar-refractivity contribution in [1.29, 1.82) is 0 Å². The zero-order chi connectivity index (χ0) is 5.21. The Morgan fingerprint density at radius 1 is 1.67 bits per heavy atom. The first-order valence-electron chi connectivity index (χ1n) is 0.871. The van der Waals surface area contributed by atoms with Gasteiger partial charge in [0.05, 0.1) is 0 Å². The fourth-order valence-electron chi connectivity index (χ4n) is 0. The van der Waals surface area contributed by atoms with Crippen LogP contribution in [0.3, 0.4) is 0 Å². The average molecular weight is 160 g/mol. The Bertz CT molecular complexity index is 113. The molecule has 0 aliphatic heterocycles. The Morgan fingerprint density at radius 3 is 1.83 bits per heavy atom. The summed E-state index contributed by atoms with van der Waals surface area (Å²) >= 11 is 3.83. The minimum absolute atomic E-state index is 1.19. The molecule has 0 aromatic carbocycles. The first-order valence-corrected chi connectivity index (χ1v) is 2.78. The third-order valence-electron chi connectivity index (χ3n) is 0.0778. The summed E-state index contributed by atoms with van der Waals surface area (Å²) in [5.41, 5.74) is 0.